The van der Waals surface area contributed by atoms with E-state index in [4.69, 9.17) is 31.1 Å². The molecule has 0 bridgehead atoms. The van der Waals surface area contributed by atoms with Crippen LogP contribution in [-0.4, -0.2) is 113 Å². The highest BCUT2D eigenvalue weighted by molar-refractivity contribution is 6.31. The van der Waals surface area contributed by atoms with Crippen molar-refractivity contribution in [2.45, 2.75) is 101 Å². The Bertz CT molecular complexity index is 2180. The van der Waals surface area contributed by atoms with E-state index < -0.39 is 11.9 Å². The van der Waals surface area contributed by atoms with Crippen molar-refractivity contribution in [2.24, 2.45) is 11.8 Å². The molecule has 6 aliphatic rings. The summed E-state index contributed by atoms with van der Waals surface area (Å²) in [5.41, 5.74) is 2.16. The molecule has 3 aromatic rings. The zero-order chi connectivity index (χ0) is 42.0. The number of aromatic nitrogens is 2. The van der Waals surface area contributed by atoms with Crippen molar-refractivity contribution >= 4 is 41.0 Å². The first kappa shape index (κ1) is 41.1. The number of halogens is 1. The van der Waals surface area contributed by atoms with Crippen LogP contribution >= 0.6 is 11.6 Å². The Morgan fingerprint density at radius 1 is 0.918 bits per heavy atom. The Hall–Kier alpha value is -5.30. The highest BCUT2D eigenvalue weighted by atomic mass is 35.5. The van der Waals surface area contributed by atoms with Crippen molar-refractivity contribution in [2.75, 3.05) is 44.3 Å². The third-order valence-corrected chi connectivity index (χ3v) is 13.6. The second kappa shape index (κ2) is 18.0. The monoisotopic (exact) mass is 850 g/mol. The van der Waals surface area contributed by atoms with E-state index in [0.717, 1.165) is 108 Å². The minimum absolute atomic E-state index is 0.0217. The molecule has 5 fully saturated rings. The largest absolute Gasteiger partial charge is 0.490 e. The van der Waals surface area contributed by atoms with Crippen LogP contribution in [0.4, 0.5) is 5.82 Å². The lowest BCUT2D eigenvalue weighted by atomic mass is 9.85. The van der Waals surface area contributed by atoms with Crippen molar-refractivity contribution in [1.29, 1.82) is 5.26 Å². The Balaban J connectivity index is 0.713. The summed E-state index contributed by atoms with van der Waals surface area (Å²) in [5.74, 6) is 2.17. The first-order valence-corrected chi connectivity index (χ1v) is 22.0. The summed E-state index contributed by atoms with van der Waals surface area (Å²) in [6, 6.07) is 12.6. The molecule has 320 valence electrons. The minimum Gasteiger partial charge on any atom is -0.490 e. The Kier molecular flexibility index (Phi) is 12.1. The molecule has 2 saturated carbocycles. The normalized spacial score (nSPS) is 25.6. The molecule has 61 heavy (non-hydrogen) atoms. The molecule has 3 saturated heterocycles. The van der Waals surface area contributed by atoms with Gasteiger partial charge in [-0.3, -0.25) is 29.4 Å². The minimum atomic E-state index is -0.636. The van der Waals surface area contributed by atoms with Crippen molar-refractivity contribution in [3.63, 3.8) is 0 Å². The van der Waals surface area contributed by atoms with Gasteiger partial charge in [-0.1, -0.05) is 11.6 Å². The van der Waals surface area contributed by atoms with Crippen LogP contribution in [-0.2, 0) is 20.9 Å². The fourth-order valence-corrected chi connectivity index (χ4v) is 9.77. The summed E-state index contributed by atoms with van der Waals surface area (Å²) in [7, 11) is 0. The second-order valence-electron chi connectivity index (χ2n) is 17.5. The predicted molar refractivity (Wildman–Crippen MR) is 223 cm³/mol. The fourth-order valence-electron chi connectivity index (χ4n) is 9.56. The van der Waals surface area contributed by atoms with Crippen LogP contribution in [0.5, 0.6) is 11.5 Å². The van der Waals surface area contributed by atoms with Crippen LogP contribution < -0.4 is 25.0 Å². The lowest BCUT2D eigenvalue weighted by Gasteiger charge is -2.46. The molecule has 2 aliphatic carbocycles. The summed E-state index contributed by atoms with van der Waals surface area (Å²) >= 11 is 6.16. The van der Waals surface area contributed by atoms with Gasteiger partial charge in [-0.05, 0) is 86.8 Å². The maximum absolute atomic E-state index is 13.1. The number of benzene rings is 2. The molecule has 0 radical (unpaired) electrons. The molecule has 0 spiro atoms. The summed E-state index contributed by atoms with van der Waals surface area (Å²) < 4.78 is 18.1. The number of piperidine rings is 2. The third kappa shape index (κ3) is 9.32. The first-order valence-electron chi connectivity index (χ1n) is 21.7. The van der Waals surface area contributed by atoms with Crippen LogP contribution in [0.15, 0.2) is 48.8 Å². The van der Waals surface area contributed by atoms with Crippen molar-refractivity contribution < 1.29 is 33.4 Å². The molecule has 1 unspecified atom stereocenters. The van der Waals surface area contributed by atoms with Crippen LogP contribution in [0.25, 0.3) is 0 Å². The van der Waals surface area contributed by atoms with Gasteiger partial charge in [0.05, 0.1) is 42.3 Å². The zero-order valence-electron chi connectivity index (χ0n) is 34.1. The molecular weight excluding hydrogens is 800 g/mol. The maximum atomic E-state index is 13.1. The highest BCUT2D eigenvalue weighted by Crippen LogP contribution is 2.36. The number of imide groups is 1. The highest BCUT2D eigenvalue weighted by Gasteiger charge is 2.41. The number of carbonyl (C=O) groups is 4. The van der Waals surface area contributed by atoms with Crippen molar-refractivity contribution in [3.05, 3.63) is 76.2 Å². The molecular formula is C45H51ClN8O7. The second-order valence-corrected chi connectivity index (χ2v) is 17.9. The van der Waals surface area contributed by atoms with Crippen LogP contribution in [0, 0.1) is 23.2 Å². The Morgan fingerprint density at radius 3 is 2.34 bits per heavy atom. The average Bonchev–Trinajstić information content (AvgIpc) is 3.55. The molecule has 5 heterocycles. The number of nitrogens with one attached hydrogen (secondary N) is 2. The number of nitriles is 1. The van der Waals surface area contributed by atoms with Gasteiger partial charge >= 0.3 is 0 Å². The van der Waals surface area contributed by atoms with E-state index in [1.54, 1.807) is 41.6 Å². The van der Waals surface area contributed by atoms with E-state index >= 15 is 0 Å². The van der Waals surface area contributed by atoms with E-state index in [0.29, 0.717) is 58.4 Å². The van der Waals surface area contributed by atoms with E-state index in [1.807, 2.05) is 12.1 Å². The van der Waals surface area contributed by atoms with Crippen LogP contribution in [0.3, 0.4) is 0 Å². The molecule has 15 nitrogen and oxygen atoms in total. The van der Waals surface area contributed by atoms with Crippen LogP contribution in [0.2, 0.25) is 5.02 Å². The smallest absolute Gasteiger partial charge is 0.271 e. The summed E-state index contributed by atoms with van der Waals surface area (Å²) in [4.78, 5) is 66.0. The van der Waals surface area contributed by atoms with Crippen molar-refractivity contribution in [1.82, 2.24) is 30.4 Å². The van der Waals surface area contributed by atoms with Gasteiger partial charge in [0.1, 0.15) is 41.2 Å². The quantitative estimate of drug-likeness (QED) is 0.228. The summed E-state index contributed by atoms with van der Waals surface area (Å²) in [6.45, 7) is 5.76. The molecule has 4 aliphatic heterocycles. The van der Waals surface area contributed by atoms with Gasteiger partial charge in [0.15, 0.2) is 0 Å². The van der Waals surface area contributed by atoms with Gasteiger partial charge in [-0.25, -0.2) is 9.97 Å². The number of amides is 4. The molecule has 2 aromatic carbocycles. The molecule has 16 heteroatoms. The average molecular weight is 851 g/mol. The number of fused-ring (bicyclic) bond motifs is 1. The fraction of sp³-hybridized carbons (Fsp3) is 0.533. The van der Waals surface area contributed by atoms with Crippen LogP contribution in [0.1, 0.15) is 96.2 Å². The van der Waals surface area contributed by atoms with Gasteiger partial charge in [0.25, 0.3) is 11.8 Å². The molecule has 1 aromatic heterocycles. The van der Waals surface area contributed by atoms with E-state index in [9.17, 15) is 19.2 Å². The molecule has 9 rings (SSSR count). The number of ether oxygens (including phenoxy) is 3. The van der Waals surface area contributed by atoms with Crippen molar-refractivity contribution in [3.8, 4) is 17.6 Å². The van der Waals surface area contributed by atoms with Gasteiger partial charge < -0.3 is 29.3 Å². The summed E-state index contributed by atoms with van der Waals surface area (Å²) in [6.07, 6.45) is 11.1. The summed E-state index contributed by atoms with van der Waals surface area (Å²) in [5, 5.41) is 15.0. The predicted octanol–water partition coefficient (Wildman–Crippen LogP) is 4.66. The Morgan fingerprint density at radius 2 is 1.66 bits per heavy atom. The molecule has 4 amide bonds. The van der Waals surface area contributed by atoms with Gasteiger partial charge in [-0.15, -0.1) is 0 Å². The number of carbonyl (C=O) groups excluding carboxylic acids is 4. The molecule has 2 N–H and O–H groups in total. The van der Waals surface area contributed by atoms with Gasteiger partial charge in [0.2, 0.25) is 11.8 Å². The van der Waals surface area contributed by atoms with Gasteiger partial charge in [-0.2, -0.15) is 5.26 Å². The third-order valence-electron chi connectivity index (χ3n) is 13.3. The van der Waals surface area contributed by atoms with E-state index in [1.165, 1.54) is 0 Å². The number of hydrogen-bond acceptors (Lipinski definition) is 12. The lowest BCUT2D eigenvalue weighted by molar-refractivity contribution is -0.136. The standard InChI is InChI=1S/C45H51ClN8O7/c46-38-18-35(4-1-29(38)19-47)60-33-5-2-31(3-6-33)50-43(56)39-20-49-41(21-48-39)52-13-11-27(12-14-52)22-53(23-28-25-59-26-28)32-16-36(17-32)61-34-7-8-37-30(15-34)24-54(45(37)58)40-9-10-42(55)51-44(40)57/h1,4,7-8,15,18,20-21,27-28,31-33,36,40H,2-3,5-6,9-14,16-17,22-26H2,(H,50,56)(H,51,55,57). The first-order chi connectivity index (χ1) is 29.6. The Labute approximate surface area is 360 Å². The zero-order valence-corrected chi connectivity index (χ0v) is 34.9. The van der Waals surface area contributed by atoms with E-state index in [-0.39, 0.29) is 42.4 Å². The maximum Gasteiger partial charge on any atom is 0.271 e. The number of anilines is 1. The SMILES string of the molecule is N#Cc1ccc(OC2CCC(NC(=O)c3cnc(N4CCC(CN(CC5COC5)C5CC(Oc6ccc7c(c6)CN(C6CCC(=O)NC6=O)C7=O)C5)CC4)cn3)CC2)cc1Cl. The lowest BCUT2D eigenvalue weighted by Crippen LogP contribution is -2.54. The topological polar surface area (TPSA) is 179 Å². The molecule has 1 atom stereocenters. The number of rotatable bonds is 13. The van der Waals surface area contributed by atoms with E-state index in [2.05, 4.69) is 36.5 Å². The number of nitrogens with zero attached hydrogens (tertiary/aromatic N) is 6. The number of hydrogen-bond donors (Lipinski definition) is 2. The van der Waals surface area contributed by atoms with Gasteiger partial charge in [0, 0.05) is 81.6 Å².